The summed E-state index contributed by atoms with van der Waals surface area (Å²) in [4.78, 5) is 15.8. The summed E-state index contributed by atoms with van der Waals surface area (Å²) < 4.78 is 38.1. The van der Waals surface area contributed by atoms with Crippen LogP contribution in [0.3, 0.4) is 0 Å². The van der Waals surface area contributed by atoms with Gasteiger partial charge >= 0.3 is 5.51 Å². The Bertz CT molecular complexity index is 836. The Kier molecular flexibility index (Phi) is 3.25. The maximum absolute atomic E-state index is 12.3. The van der Waals surface area contributed by atoms with Gasteiger partial charge in [0.1, 0.15) is 0 Å². The molecule has 0 fully saturated rings. The van der Waals surface area contributed by atoms with E-state index in [1.54, 1.807) is 18.3 Å². The molecule has 0 spiro atoms. The SMILES string of the molecule is O=c1ccnc2c(-c3ccc(SC(F)(F)F)cc3)c[nH]n12. The van der Waals surface area contributed by atoms with E-state index in [0.717, 1.165) is 0 Å². The molecule has 3 rings (SSSR count). The van der Waals surface area contributed by atoms with Gasteiger partial charge in [0.2, 0.25) is 0 Å². The fourth-order valence-corrected chi connectivity index (χ4v) is 2.50. The number of halogens is 3. The van der Waals surface area contributed by atoms with E-state index in [1.165, 1.54) is 28.9 Å². The predicted molar refractivity (Wildman–Crippen MR) is 73.2 cm³/mol. The molecule has 2 aromatic heterocycles. The van der Waals surface area contributed by atoms with E-state index in [1.807, 2.05) is 0 Å². The van der Waals surface area contributed by atoms with Gasteiger partial charge in [-0.1, -0.05) is 12.1 Å². The van der Waals surface area contributed by atoms with Gasteiger partial charge in [-0.25, -0.2) is 9.50 Å². The first-order valence-electron chi connectivity index (χ1n) is 5.85. The highest BCUT2D eigenvalue weighted by Gasteiger charge is 2.29. The van der Waals surface area contributed by atoms with E-state index in [4.69, 9.17) is 0 Å². The van der Waals surface area contributed by atoms with Gasteiger partial charge < -0.3 is 0 Å². The number of aromatic nitrogens is 3. The zero-order valence-corrected chi connectivity index (χ0v) is 11.2. The monoisotopic (exact) mass is 311 g/mol. The van der Waals surface area contributed by atoms with Crippen molar-refractivity contribution in [1.29, 1.82) is 0 Å². The molecule has 21 heavy (non-hydrogen) atoms. The average molecular weight is 311 g/mol. The molecule has 8 heteroatoms. The third-order valence-corrected chi connectivity index (χ3v) is 3.56. The molecule has 0 radical (unpaired) electrons. The Morgan fingerprint density at radius 1 is 1.14 bits per heavy atom. The van der Waals surface area contributed by atoms with E-state index in [-0.39, 0.29) is 22.2 Å². The predicted octanol–water partition coefficient (Wildman–Crippen LogP) is 3.30. The molecule has 3 aromatic rings. The molecular formula is C13H8F3N3OS. The second-order valence-corrected chi connectivity index (χ2v) is 5.34. The molecule has 0 unspecified atom stereocenters. The van der Waals surface area contributed by atoms with Crippen molar-refractivity contribution in [3.8, 4) is 11.1 Å². The number of hydrogen-bond donors (Lipinski definition) is 1. The van der Waals surface area contributed by atoms with Gasteiger partial charge in [-0.3, -0.25) is 9.89 Å². The lowest BCUT2D eigenvalue weighted by Gasteiger charge is -2.06. The molecule has 0 aliphatic heterocycles. The molecule has 2 heterocycles. The lowest BCUT2D eigenvalue weighted by atomic mass is 10.1. The molecule has 108 valence electrons. The van der Waals surface area contributed by atoms with Crippen LogP contribution in [0.15, 0.2) is 52.4 Å². The first kappa shape index (κ1) is 13.7. The lowest BCUT2D eigenvalue weighted by molar-refractivity contribution is -0.0328. The Balaban J connectivity index is 2.00. The number of aromatic amines is 1. The summed E-state index contributed by atoms with van der Waals surface area (Å²) in [7, 11) is 0. The maximum atomic E-state index is 12.3. The molecule has 0 atom stereocenters. The molecule has 0 bridgehead atoms. The van der Waals surface area contributed by atoms with E-state index < -0.39 is 5.51 Å². The van der Waals surface area contributed by atoms with Crippen molar-refractivity contribution in [1.82, 2.24) is 14.6 Å². The van der Waals surface area contributed by atoms with Crippen LogP contribution >= 0.6 is 11.8 Å². The number of alkyl halides is 3. The van der Waals surface area contributed by atoms with Crippen molar-refractivity contribution in [3.63, 3.8) is 0 Å². The molecule has 4 nitrogen and oxygen atoms in total. The lowest BCUT2D eigenvalue weighted by Crippen LogP contribution is -2.12. The van der Waals surface area contributed by atoms with Gasteiger partial charge in [-0.15, -0.1) is 0 Å². The summed E-state index contributed by atoms with van der Waals surface area (Å²) in [5.41, 5.74) is -2.80. The minimum absolute atomic E-state index is 0.108. The zero-order chi connectivity index (χ0) is 15.0. The normalized spacial score (nSPS) is 12.0. The Morgan fingerprint density at radius 3 is 2.52 bits per heavy atom. The standard InChI is InChI=1S/C13H8F3N3OS/c14-13(15,16)21-9-3-1-8(2-4-9)10-7-18-19-11(20)5-6-17-12(10)19/h1-7,18H. The summed E-state index contributed by atoms with van der Waals surface area (Å²) in [5.74, 6) is 0. The van der Waals surface area contributed by atoms with Crippen LogP contribution in [0, 0.1) is 0 Å². The van der Waals surface area contributed by atoms with Crippen molar-refractivity contribution in [2.75, 3.05) is 0 Å². The number of nitrogens with zero attached hydrogens (tertiary/aromatic N) is 2. The largest absolute Gasteiger partial charge is 0.446 e. The maximum Gasteiger partial charge on any atom is 0.446 e. The first-order valence-corrected chi connectivity index (χ1v) is 6.67. The number of rotatable bonds is 2. The van der Waals surface area contributed by atoms with Gasteiger partial charge in [0, 0.05) is 28.9 Å². The zero-order valence-electron chi connectivity index (χ0n) is 10.4. The van der Waals surface area contributed by atoms with Crippen molar-refractivity contribution < 1.29 is 13.2 Å². The molecule has 0 aliphatic rings. The van der Waals surface area contributed by atoms with Crippen LogP contribution in [0.2, 0.25) is 0 Å². The molecule has 1 aromatic carbocycles. The van der Waals surface area contributed by atoms with Crippen LogP contribution in [0.5, 0.6) is 0 Å². The minimum Gasteiger partial charge on any atom is -0.296 e. The summed E-state index contributed by atoms with van der Waals surface area (Å²) in [5, 5.41) is 2.76. The number of benzene rings is 1. The Hall–Kier alpha value is -2.22. The third-order valence-electron chi connectivity index (χ3n) is 2.82. The van der Waals surface area contributed by atoms with Gasteiger partial charge in [0.15, 0.2) is 5.65 Å². The number of nitrogens with one attached hydrogen (secondary N) is 1. The highest BCUT2D eigenvalue weighted by atomic mass is 32.2. The molecule has 0 saturated carbocycles. The van der Waals surface area contributed by atoms with Crippen LogP contribution in [-0.2, 0) is 0 Å². The summed E-state index contributed by atoms with van der Waals surface area (Å²) in [6.07, 6.45) is 2.98. The Labute approximate surface area is 120 Å². The van der Waals surface area contributed by atoms with E-state index >= 15 is 0 Å². The van der Waals surface area contributed by atoms with Crippen molar-refractivity contribution in [2.45, 2.75) is 10.4 Å². The fraction of sp³-hybridized carbons (Fsp3) is 0.0769. The second kappa shape index (κ2) is 4.96. The number of hydrogen-bond acceptors (Lipinski definition) is 3. The number of thioether (sulfide) groups is 1. The van der Waals surface area contributed by atoms with Crippen LogP contribution in [0.4, 0.5) is 13.2 Å². The van der Waals surface area contributed by atoms with Crippen LogP contribution in [0.1, 0.15) is 0 Å². The summed E-state index contributed by atoms with van der Waals surface area (Å²) >= 11 is -0.166. The van der Waals surface area contributed by atoms with Crippen molar-refractivity contribution in [2.24, 2.45) is 0 Å². The van der Waals surface area contributed by atoms with E-state index in [0.29, 0.717) is 16.8 Å². The highest BCUT2D eigenvalue weighted by Crippen LogP contribution is 2.37. The van der Waals surface area contributed by atoms with Gasteiger partial charge in [-0.2, -0.15) is 13.2 Å². The summed E-state index contributed by atoms with van der Waals surface area (Å²) in [6, 6.07) is 7.22. The first-order chi connectivity index (χ1) is 9.94. The van der Waals surface area contributed by atoms with E-state index in [2.05, 4.69) is 10.1 Å². The number of H-pyrrole nitrogens is 1. The smallest absolute Gasteiger partial charge is 0.296 e. The van der Waals surface area contributed by atoms with Crippen LogP contribution in [0.25, 0.3) is 16.8 Å². The topological polar surface area (TPSA) is 50.2 Å². The van der Waals surface area contributed by atoms with E-state index in [9.17, 15) is 18.0 Å². The van der Waals surface area contributed by atoms with Crippen LogP contribution in [-0.4, -0.2) is 20.1 Å². The quantitative estimate of drug-likeness (QED) is 0.739. The fourth-order valence-electron chi connectivity index (χ4n) is 1.97. The number of fused-ring (bicyclic) bond motifs is 1. The molecule has 0 amide bonds. The van der Waals surface area contributed by atoms with Gasteiger partial charge in [0.25, 0.3) is 5.56 Å². The molecular weight excluding hydrogens is 303 g/mol. The highest BCUT2D eigenvalue weighted by molar-refractivity contribution is 8.00. The third kappa shape index (κ3) is 2.80. The molecule has 0 saturated heterocycles. The Morgan fingerprint density at radius 2 is 1.86 bits per heavy atom. The van der Waals surface area contributed by atoms with Gasteiger partial charge in [-0.05, 0) is 29.5 Å². The van der Waals surface area contributed by atoms with Crippen LogP contribution < -0.4 is 5.56 Å². The van der Waals surface area contributed by atoms with Gasteiger partial charge in [0.05, 0.1) is 0 Å². The summed E-state index contributed by atoms with van der Waals surface area (Å²) in [6.45, 7) is 0. The van der Waals surface area contributed by atoms with Crippen molar-refractivity contribution >= 4 is 17.4 Å². The minimum atomic E-state index is -4.31. The second-order valence-electron chi connectivity index (χ2n) is 4.20. The molecule has 1 N–H and O–H groups in total. The average Bonchev–Trinajstić information content (AvgIpc) is 2.83. The molecule has 0 aliphatic carbocycles. The van der Waals surface area contributed by atoms with Crippen molar-refractivity contribution in [3.05, 3.63) is 53.1 Å².